The van der Waals surface area contributed by atoms with E-state index in [1.165, 1.54) is 4.70 Å². The zero-order valence-corrected chi connectivity index (χ0v) is 31.5. The second-order valence-corrected chi connectivity index (χ2v) is 15.0. The third kappa shape index (κ3) is 5.86. The van der Waals surface area contributed by atoms with Crippen LogP contribution in [0.4, 0.5) is 5.69 Å². The lowest BCUT2D eigenvalue weighted by Crippen LogP contribution is -2.00. The summed E-state index contributed by atoms with van der Waals surface area (Å²) in [6.07, 6.45) is 0. The molecule has 0 spiro atoms. The Hall–Kier alpha value is -7.86. The first-order valence-electron chi connectivity index (χ1n) is 18.8. The van der Waals surface area contributed by atoms with E-state index in [2.05, 4.69) is 53.4 Å². The van der Waals surface area contributed by atoms with Crippen molar-refractivity contribution in [3.63, 3.8) is 0 Å². The molecule has 11 rings (SSSR count). The molecule has 0 aliphatic carbocycles. The minimum Gasteiger partial charge on any atom is -0.456 e. The Morgan fingerprint density at radius 1 is 0.414 bits per heavy atom. The first-order valence-corrected chi connectivity index (χ1v) is 19.6. The fourth-order valence-corrected chi connectivity index (χ4v) is 8.64. The highest BCUT2D eigenvalue weighted by atomic mass is 32.1. The summed E-state index contributed by atoms with van der Waals surface area (Å²) < 4.78 is 8.75. The van der Waals surface area contributed by atoms with Crippen LogP contribution in [-0.2, 0) is 0 Å². The highest BCUT2D eigenvalue weighted by molar-refractivity contribution is 7.26. The number of thiophene rings is 1. The van der Waals surface area contributed by atoms with Crippen LogP contribution in [0.3, 0.4) is 0 Å². The van der Waals surface area contributed by atoms with Gasteiger partial charge in [-0.25, -0.2) is 29.8 Å². The maximum Gasteiger partial charge on any atom is 0.187 e. The molecule has 270 valence electrons. The maximum atomic E-state index is 7.41. The summed E-state index contributed by atoms with van der Waals surface area (Å²) in [5.74, 6) is 2.34. The summed E-state index contributed by atoms with van der Waals surface area (Å²) in [7, 11) is 0. The van der Waals surface area contributed by atoms with Gasteiger partial charge in [-0.1, -0.05) is 127 Å². The van der Waals surface area contributed by atoms with Crippen LogP contribution in [0.5, 0.6) is 0 Å². The van der Waals surface area contributed by atoms with Gasteiger partial charge in [0.1, 0.15) is 11.2 Å². The molecular weight excluding hydrogens is 733 g/mol. The van der Waals surface area contributed by atoms with Gasteiger partial charge < -0.3 is 4.42 Å². The number of benzene rings is 7. The summed E-state index contributed by atoms with van der Waals surface area (Å²) in [5, 5.41) is 3.08. The lowest BCUT2D eigenvalue weighted by Gasteiger charge is -2.09. The normalized spacial score (nSPS) is 11.4. The van der Waals surface area contributed by atoms with Crippen molar-refractivity contribution >= 4 is 59.3 Å². The summed E-state index contributed by atoms with van der Waals surface area (Å²) in [4.78, 5) is 28.8. The standard InChI is InChI=1S/C50H28N6OS/c1-51-37-16-10-15-34(27-37)30-19-21-33(22-20-30)48-54-47(32-13-6-3-7-14-32)55-50(56-48)36-23-25-38-40-28-35(24-26-41(40)57-42(38)29-36)49-52-44(31-11-4-2-5-12-31)46-45(53-49)39-17-8-9-18-43(39)58-46/h2-29H. The molecule has 0 atom stereocenters. The number of aromatic nitrogens is 5. The lowest BCUT2D eigenvalue weighted by molar-refractivity contribution is 0.669. The SMILES string of the molecule is [C-]#[N+]c1cccc(-c2ccc(-c3nc(-c4ccccc4)nc(-c4ccc5c(c4)oc4ccc(-c6nc(-c7ccccc7)c7sc8ccccc8c7n6)cc45)n3)cc2)c1. The first-order chi connectivity index (χ1) is 28.6. The van der Waals surface area contributed by atoms with E-state index in [1.54, 1.807) is 11.3 Å². The number of fused-ring (bicyclic) bond motifs is 6. The van der Waals surface area contributed by atoms with Gasteiger partial charge in [-0.3, -0.25) is 0 Å². The first kappa shape index (κ1) is 33.5. The molecule has 0 saturated heterocycles. The zero-order valence-electron chi connectivity index (χ0n) is 30.7. The second-order valence-electron chi connectivity index (χ2n) is 14.0. The Labute approximate surface area is 336 Å². The van der Waals surface area contributed by atoms with Crippen molar-refractivity contribution < 1.29 is 4.42 Å². The summed E-state index contributed by atoms with van der Waals surface area (Å²) in [6.45, 7) is 7.41. The second kappa shape index (κ2) is 13.7. The third-order valence-corrected chi connectivity index (χ3v) is 11.5. The fourth-order valence-electron chi connectivity index (χ4n) is 7.48. The van der Waals surface area contributed by atoms with Crippen LogP contribution in [0.25, 0.3) is 115 Å². The Balaban J connectivity index is 1.00. The molecule has 0 amide bonds. The van der Waals surface area contributed by atoms with Crippen molar-refractivity contribution in [2.75, 3.05) is 0 Å². The zero-order chi connectivity index (χ0) is 38.6. The van der Waals surface area contributed by atoms with Crippen LogP contribution in [0.1, 0.15) is 0 Å². The Kier molecular flexibility index (Phi) is 7.91. The fraction of sp³-hybridized carbons (Fsp3) is 0. The average molecular weight is 761 g/mol. The lowest BCUT2D eigenvalue weighted by atomic mass is 10.0. The van der Waals surface area contributed by atoms with Gasteiger partial charge in [0.2, 0.25) is 0 Å². The molecule has 0 fully saturated rings. The molecule has 0 aliphatic heterocycles. The molecule has 8 heteroatoms. The number of hydrogen-bond donors (Lipinski definition) is 0. The van der Waals surface area contributed by atoms with Crippen LogP contribution in [0.2, 0.25) is 0 Å². The van der Waals surface area contributed by atoms with Gasteiger partial charge in [0.05, 0.1) is 22.5 Å². The molecule has 0 saturated carbocycles. The Bertz CT molecular complexity index is 3410. The van der Waals surface area contributed by atoms with E-state index in [0.717, 1.165) is 82.2 Å². The van der Waals surface area contributed by atoms with Gasteiger partial charge in [-0.2, -0.15) is 0 Å². The van der Waals surface area contributed by atoms with Gasteiger partial charge >= 0.3 is 0 Å². The molecule has 7 aromatic carbocycles. The molecule has 0 aliphatic rings. The highest BCUT2D eigenvalue weighted by Crippen LogP contribution is 2.40. The molecule has 4 heterocycles. The Morgan fingerprint density at radius 2 is 1.02 bits per heavy atom. The van der Waals surface area contributed by atoms with Crippen LogP contribution in [-0.4, -0.2) is 24.9 Å². The van der Waals surface area contributed by atoms with Crippen LogP contribution < -0.4 is 0 Å². The van der Waals surface area contributed by atoms with Gasteiger partial charge in [0.15, 0.2) is 29.0 Å². The van der Waals surface area contributed by atoms with Crippen molar-refractivity contribution in [1.29, 1.82) is 0 Å². The van der Waals surface area contributed by atoms with Crippen LogP contribution in [0, 0.1) is 6.57 Å². The molecule has 0 radical (unpaired) electrons. The monoisotopic (exact) mass is 760 g/mol. The number of rotatable bonds is 6. The number of nitrogens with zero attached hydrogens (tertiary/aromatic N) is 6. The van der Waals surface area contributed by atoms with E-state index in [4.69, 9.17) is 35.9 Å². The van der Waals surface area contributed by atoms with Crippen molar-refractivity contribution in [2.45, 2.75) is 0 Å². The smallest absolute Gasteiger partial charge is 0.187 e. The van der Waals surface area contributed by atoms with Crippen molar-refractivity contribution in [3.05, 3.63) is 181 Å². The minimum atomic E-state index is 0.541. The maximum absolute atomic E-state index is 7.41. The van der Waals surface area contributed by atoms with E-state index in [9.17, 15) is 0 Å². The van der Waals surface area contributed by atoms with Gasteiger partial charge in [-0.05, 0) is 53.6 Å². The van der Waals surface area contributed by atoms with E-state index < -0.39 is 0 Å². The largest absolute Gasteiger partial charge is 0.456 e. The van der Waals surface area contributed by atoms with Crippen LogP contribution >= 0.6 is 11.3 Å². The van der Waals surface area contributed by atoms with Crippen molar-refractivity contribution in [2.24, 2.45) is 0 Å². The van der Waals surface area contributed by atoms with Gasteiger partial charge in [-0.15, -0.1) is 11.3 Å². The van der Waals surface area contributed by atoms with E-state index in [-0.39, 0.29) is 0 Å². The van der Waals surface area contributed by atoms with Crippen molar-refractivity contribution in [3.8, 4) is 67.9 Å². The third-order valence-electron chi connectivity index (χ3n) is 10.4. The predicted molar refractivity (Wildman–Crippen MR) is 234 cm³/mol. The van der Waals surface area contributed by atoms with Gasteiger partial charge in [0, 0.05) is 48.7 Å². The molecule has 0 unspecified atom stereocenters. The van der Waals surface area contributed by atoms with Crippen LogP contribution in [0.15, 0.2) is 174 Å². The number of furan rings is 1. The predicted octanol–water partition coefficient (Wildman–Crippen LogP) is 13.5. The molecule has 58 heavy (non-hydrogen) atoms. The molecule has 7 nitrogen and oxygen atoms in total. The summed E-state index contributed by atoms with van der Waals surface area (Å²) in [6, 6.07) is 56.7. The number of hydrogen-bond acceptors (Lipinski definition) is 7. The summed E-state index contributed by atoms with van der Waals surface area (Å²) >= 11 is 1.73. The molecule has 11 aromatic rings. The quantitative estimate of drug-likeness (QED) is 0.157. The van der Waals surface area contributed by atoms with Gasteiger partial charge in [0.25, 0.3) is 0 Å². The average Bonchev–Trinajstić information content (AvgIpc) is 3.87. The highest BCUT2D eigenvalue weighted by Gasteiger charge is 2.19. The molecular formula is C50H28N6OS. The van der Waals surface area contributed by atoms with Crippen molar-refractivity contribution in [1.82, 2.24) is 24.9 Å². The topological polar surface area (TPSA) is 82.0 Å². The van der Waals surface area contributed by atoms with E-state index in [1.807, 2.05) is 121 Å². The van der Waals surface area contributed by atoms with E-state index >= 15 is 0 Å². The Morgan fingerprint density at radius 3 is 1.79 bits per heavy atom. The molecule has 0 bridgehead atoms. The molecule has 0 N–H and O–H groups in total. The molecule has 4 aromatic heterocycles. The minimum absolute atomic E-state index is 0.541. The van der Waals surface area contributed by atoms with E-state index in [0.29, 0.717) is 29.0 Å². The summed E-state index contributed by atoms with van der Waals surface area (Å²) in [5.41, 5.74) is 10.5.